The maximum Gasteiger partial charge on any atom is 0.334 e. The minimum Gasteiger partial charge on any atom is -0.464 e. The van der Waals surface area contributed by atoms with Gasteiger partial charge in [0.25, 0.3) is 11.4 Å². The zero-order valence-corrected chi connectivity index (χ0v) is 28.3. The molecule has 0 bridgehead atoms. The Kier molecular flexibility index (Phi) is 13.3. The van der Waals surface area contributed by atoms with Gasteiger partial charge in [-0.05, 0) is 70.8 Å². The Morgan fingerprint density at radius 3 is 1.29 bits per heavy atom. The van der Waals surface area contributed by atoms with Gasteiger partial charge in [-0.3, -0.25) is 25.0 Å². The average molecular weight is 691 g/mol. The number of carbonyl (C=O) groups is 2. The molecule has 0 aromatic heterocycles. The monoisotopic (exact) mass is 690 g/mol. The van der Waals surface area contributed by atoms with Crippen molar-refractivity contribution in [2.75, 3.05) is 50.2 Å². The molecule has 0 unspecified atom stereocenters. The number of ether oxygens (including phenoxy) is 2. The number of likely N-dealkylation sites (N-methyl/N-ethyl adjacent to an activating group) is 2. The van der Waals surface area contributed by atoms with E-state index >= 15 is 0 Å². The average Bonchev–Trinajstić information content (AvgIpc) is 3.13. The summed E-state index contributed by atoms with van der Waals surface area (Å²) in [7, 11) is 3.74. The molecule has 0 aliphatic heterocycles. The van der Waals surface area contributed by atoms with Crippen molar-refractivity contribution in [2.24, 2.45) is 0 Å². The number of anilines is 2. The highest BCUT2D eigenvalue weighted by Gasteiger charge is 2.15. The van der Waals surface area contributed by atoms with Crippen molar-refractivity contribution in [2.45, 2.75) is 6.42 Å². The number of nitro benzene ring substituents is 2. The van der Waals surface area contributed by atoms with Crippen molar-refractivity contribution in [1.29, 1.82) is 0 Å². The van der Waals surface area contributed by atoms with Crippen molar-refractivity contribution in [1.82, 2.24) is 0 Å². The largest absolute Gasteiger partial charge is 0.464 e. The molecular weight excluding hydrogens is 652 g/mol. The first-order valence-electron chi connectivity index (χ1n) is 16.0. The molecule has 0 aliphatic carbocycles. The van der Waals surface area contributed by atoms with Crippen LogP contribution in [0.5, 0.6) is 0 Å². The van der Waals surface area contributed by atoms with Gasteiger partial charge < -0.3 is 19.3 Å². The third-order valence-electron chi connectivity index (χ3n) is 7.81. The van der Waals surface area contributed by atoms with Gasteiger partial charge in [-0.1, -0.05) is 55.1 Å². The van der Waals surface area contributed by atoms with Crippen LogP contribution in [-0.4, -0.2) is 62.2 Å². The van der Waals surface area contributed by atoms with E-state index in [-0.39, 0.29) is 36.6 Å². The molecule has 0 fully saturated rings. The van der Waals surface area contributed by atoms with E-state index in [1.54, 1.807) is 24.3 Å². The maximum absolute atomic E-state index is 12.4. The number of non-ortho nitro benzene ring substituents is 2. The summed E-state index contributed by atoms with van der Waals surface area (Å²) in [5, 5.41) is 21.6. The van der Waals surface area contributed by atoms with E-state index in [0.29, 0.717) is 13.1 Å². The van der Waals surface area contributed by atoms with Gasteiger partial charge in [-0.15, -0.1) is 0 Å². The second-order valence-electron chi connectivity index (χ2n) is 11.5. The van der Waals surface area contributed by atoms with Crippen LogP contribution in [0.2, 0.25) is 0 Å². The van der Waals surface area contributed by atoms with Gasteiger partial charge in [0.1, 0.15) is 13.2 Å². The predicted octanol–water partition coefficient (Wildman–Crippen LogP) is 7.45. The summed E-state index contributed by atoms with van der Waals surface area (Å²) < 4.78 is 10.6. The quantitative estimate of drug-likeness (QED) is 0.0360. The minimum absolute atomic E-state index is 0.0116. The van der Waals surface area contributed by atoms with Crippen LogP contribution < -0.4 is 9.80 Å². The van der Waals surface area contributed by atoms with E-state index in [4.69, 9.17) is 9.47 Å². The first-order valence-corrected chi connectivity index (χ1v) is 16.0. The van der Waals surface area contributed by atoms with Crippen LogP contribution >= 0.6 is 0 Å². The fourth-order valence-corrected chi connectivity index (χ4v) is 4.71. The van der Waals surface area contributed by atoms with Gasteiger partial charge in [-0.2, -0.15) is 0 Å². The second kappa shape index (κ2) is 18.3. The first-order chi connectivity index (χ1) is 24.5. The Morgan fingerprint density at radius 1 is 0.608 bits per heavy atom. The summed E-state index contributed by atoms with van der Waals surface area (Å²) in [6, 6.07) is 28.1. The van der Waals surface area contributed by atoms with Gasteiger partial charge in [0, 0.05) is 55.3 Å². The van der Waals surface area contributed by atoms with Crippen LogP contribution in [0.4, 0.5) is 22.7 Å². The summed E-state index contributed by atoms with van der Waals surface area (Å²) in [4.78, 5) is 49.4. The lowest BCUT2D eigenvalue weighted by Gasteiger charge is -2.20. The van der Waals surface area contributed by atoms with Gasteiger partial charge >= 0.3 is 11.9 Å². The number of hydrogen-bond donors (Lipinski definition) is 0. The Hall–Kier alpha value is -6.56. The molecule has 4 rings (SSSR count). The molecule has 12 heteroatoms. The number of rotatable bonds is 17. The van der Waals surface area contributed by atoms with Crippen LogP contribution in [-0.2, 0) is 19.1 Å². The van der Waals surface area contributed by atoms with Crippen LogP contribution in [0.3, 0.4) is 0 Å². The van der Waals surface area contributed by atoms with E-state index in [2.05, 4.69) is 6.58 Å². The lowest BCUT2D eigenvalue weighted by Crippen LogP contribution is -2.25. The standard InChI is InChI=1S/C39H38N4O8/c1-29(39(45)51-27-25-41(3)35-18-10-31(11-19-35)5-7-33-14-22-37(23-15-33)43(48)49)28-38(44)50-26-24-40(2)34-16-8-30(9-17-34)4-6-32-12-20-36(21-13-32)42(46)47/h4-23H,1,24-28H2,2-3H3. The molecule has 0 saturated carbocycles. The number of benzene rings is 4. The Morgan fingerprint density at radius 2 is 0.941 bits per heavy atom. The van der Waals surface area contributed by atoms with Crippen molar-refractivity contribution in [3.63, 3.8) is 0 Å². The molecule has 0 radical (unpaired) electrons. The fourth-order valence-electron chi connectivity index (χ4n) is 4.71. The van der Waals surface area contributed by atoms with E-state index in [1.165, 1.54) is 24.3 Å². The van der Waals surface area contributed by atoms with Crippen LogP contribution in [0.1, 0.15) is 28.7 Å². The minimum atomic E-state index is -0.660. The molecule has 0 heterocycles. The SMILES string of the molecule is C=C(CC(=O)OCCN(C)c1ccc(C=Cc2ccc([N+](=O)[O-])cc2)cc1)C(=O)OCCN(C)c1ccc(C=Cc2ccc([N+](=O)[O-])cc2)cc1. The smallest absolute Gasteiger partial charge is 0.334 e. The fraction of sp³-hybridized carbons (Fsp3) is 0.179. The topological polar surface area (TPSA) is 145 Å². The number of nitrogens with zero attached hydrogens (tertiary/aromatic N) is 4. The normalized spacial score (nSPS) is 10.9. The highest BCUT2D eigenvalue weighted by molar-refractivity contribution is 5.93. The molecule has 0 saturated heterocycles. The van der Waals surface area contributed by atoms with Gasteiger partial charge in [0.2, 0.25) is 0 Å². The number of nitro groups is 2. The van der Waals surface area contributed by atoms with Crippen LogP contribution in [0.25, 0.3) is 24.3 Å². The van der Waals surface area contributed by atoms with E-state index in [1.807, 2.05) is 96.7 Å². The molecule has 51 heavy (non-hydrogen) atoms. The number of hydrogen-bond acceptors (Lipinski definition) is 10. The zero-order valence-electron chi connectivity index (χ0n) is 28.3. The second-order valence-corrected chi connectivity index (χ2v) is 11.5. The Balaban J connectivity index is 1.11. The predicted molar refractivity (Wildman–Crippen MR) is 199 cm³/mol. The molecule has 0 N–H and O–H groups in total. The molecular formula is C39H38N4O8. The molecule has 0 atom stereocenters. The lowest BCUT2D eigenvalue weighted by molar-refractivity contribution is -0.385. The summed E-state index contributed by atoms with van der Waals surface area (Å²) in [6.45, 7) is 4.76. The van der Waals surface area contributed by atoms with Crippen LogP contribution in [0.15, 0.2) is 109 Å². The Bertz CT molecular complexity index is 1890. The third kappa shape index (κ3) is 11.8. The van der Waals surface area contributed by atoms with E-state index in [9.17, 15) is 29.8 Å². The van der Waals surface area contributed by atoms with Gasteiger partial charge in [0.15, 0.2) is 0 Å². The summed E-state index contributed by atoms with van der Waals surface area (Å²) in [5.74, 6) is -1.23. The molecule has 4 aromatic carbocycles. The molecule has 0 aliphatic rings. The molecule has 12 nitrogen and oxygen atoms in total. The van der Waals surface area contributed by atoms with Crippen molar-refractivity contribution in [3.05, 3.63) is 152 Å². The zero-order chi connectivity index (χ0) is 36.8. The highest BCUT2D eigenvalue weighted by atomic mass is 16.6. The summed E-state index contributed by atoms with van der Waals surface area (Å²) in [6.07, 6.45) is 7.30. The van der Waals surface area contributed by atoms with Crippen molar-refractivity contribution in [3.8, 4) is 0 Å². The lowest BCUT2D eigenvalue weighted by atomic mass is 10.1. The highest BCUT2D eigenvalue weighted by Crippen LogP contribution is 2.19. The van der Waals surface area contributed by atoms with Gasteiger partial charge in [-0.25, -0.2) is 4.79 Å². The molecule has 0 spiro atoms. The molecule has 4 aromatic rings. The molecule has 0 amide bonds. The van der Waals surface area contributed by atoms with E-state index in [0.717, 1.165) is 33.6 Å². The first kappa shape index (κ1) is 37.3. The van der Waals surface area contributed by atoms with E-state index < -0.39 is 21.8 Å². The number of carbonyl (C=O) groups excluding carboxylic acids is 2. The maximum atomic E-state index is 12.4. The number of esters is 2. The molecule has 262 valence electrons. The van der Waals surface area contributed by atoms with Crippen LogP contribution in [0, 0.1) is 20.2 Å². The summed E-state index contributed by atoms with van der Waals surface area (Å²) in [5.41, 5.74) is 5.54. The Labute approximate surface area is 295 Å². The van der Waals surface area contributed by atoms with Crippen molar-refractivity contribution < 1.29 is 28.9 Å². The summed E-state index contributed by atoms with van der Waals surface area (Å²) >= 11 is 0. The van der Waals surface area contributed by atoms with Gasteiger partial charge in [0.05, 0.1) is 29.4 Å². The van der Waals surface area contributed by atoms with Crippen molar-refractivity contribution >= 4 is 59.0 Å². The third-order valence-corrected chi connectivity index (χ3v) is 7.81.